The smallest absolute Gasteiger partial charge is 0.261 e. The number of imide groups is 1. The fraction of sp³-hybridized carbons (Fsp3) is 0.333. The van der Waals surface area contributed by atoms with Crippen LogP contribution in [0.5, 0.6) is 5.75 Å². The predicted octanol–water partition coefficient (Wildman–Crippen LogP) is 3.90. The van der Waals surface area contributed by atoms with Crippen molar-refractivity contribution in [2.24, 2.45) is 0 Å². The Morgan fingerprint density at radius 2 is 1.59 bits per heavy atom. The molecule has 0 spiro atoms. The van der Waals surface area contributed by atoms with Crippen LogP contribution in [0, 0.1) is 0 Å². The average Bonchev–Trinajstić information content (AvgIpc) is 2.99. The summed E-state index contributed by atoms with van der Waals surface area (Å²) < 4.78 is 5.82. The number of fused-ring (bicyclic) bond motifs is 1. The quantitative estimate of drug-likeness (QED) is 0.531. The zero-order valence-corrected chi connectivity index (χ0v) is 16.5. The molecule has 29 heavy (non-hydrogen) atoms. The van der Waals surface area contributed by atoms with Crippen LogP contribution in [0.2, 0.25) is 0 Å². The first kappa shape index (κ1) is 19.4. The Morgan fingerprint density at radius 3 is 2.31 bits per heavy atom. The second kappa shape index (κ2) is 9.05. The summed E-state index contributed by atoms with van der Waals surface area (Å²) in [5.74, 6) is 0.369. The summed E-state index contributed by atoms with van der Waals surface area (Å²) in [6, 6.07) is 15.1. The number of piperidine rings is 1. The van der Waals surface area contributed by atoms with Gasteiger partial charge in [-0.25, -0.2) is 0 Å². The minimum absolute atomic E-state index is 0.235. The number of amides is 2. The normalized spacial score (nSPS) is 17.2. The van der Waals surface area contributed by atoms with Crippen molar-refractivity contribution >= 4 is 11.8 Å². The number of hydrogen-bond donors (Lipinski definition) is 0. The molecule has 0 bridgehead atoms. The van der Waals surface area contributed by atoms with Crippen LogP contribution in [-0.2, 0) is 6.54 Å². The summed E-state index contributed by atoms with van der Waals surface area (Å²) in [6.07, 6.45) is 7.56. The number of rotatable bonds is 7. The number of carbonyl (C=O) groups excluding carboxylic acids is 2. The van der Waals surface area contributed by atoms with E-state index < -0.39 is 0 Å². The van der Waals surface area contributed by atoms with Gasteiger partial charge in [0.15, 0.2) is 0 Å². The lowest BCUT2D eigenvalue weighted by molar-refractivity contribution is 0.0671. The molecule has 2 aromatic rings. The maximum atomic E-state index is 12.3. The van der Waals surface area contributed by atoms with E-state index in [0.717, 1.165) is 12.3 Å². The Morgan fingerprint density at radius 1 is 0.862 bits per heavy atom. The summed E-state index contributed by atoms with van der Waals surface area (Å²) in [4.78, 5) is 28.4. The SMILES string of the molecule is O=C1c2ccccc2C(=O)N1CC=CCOc1cccc(CN2CCCCC2)c1. The molecule has 0 N–H and O–H groups in total. The second-order valence-electron chi connectivity index (χ2n) is 7.53. The van der Waals surface area contributed by atoms with Crippen molar-refractivity contribution in [2.75, 3.05) is 26.2 Å². The molecule has 2 aliphatic heterocycles. The highest BCUT2D eigenvalue weighted by Crippen LogP contribution is 2.22. The average molecular weight is 390 g/mol. The number of carbonyl (C=O) groups is 2. The second-order valence-corrected chi connectivity index (χ2v) is 7.53. The molecule has 2 heterocycles. The van der Waals surface area contributed by atoms with E-state index in [4.69, 9.17) is 4.74 Å². The van der Waals surface area contributed by atoms with Gasteiger partial charge in [0.1, 0.15) is 12.4 Å². The summed E-state index contributed by atoms with van der Waals surface area (Å²) >= 11 is 0. The largest absolute Gasteiger partial charge is 0.490 e. The maximum absolute atomic E-state index is 12.3. The maximum Gasteiger partial charge on any atom is 0.261 e. The fourth-order valence-corrected chi connectivity index (χ4v) is 3.91. The highest BCUT2D eigenvalue weighted by molar-refractivity contribution is 6.21. The van der Waals surface area contributed by atoms with E-state index >= 15 is 0 Å². The first-order valence-corrected chi connectivity index (χ1v) is 10.3. The fourth-order valence-electron chi connectivity index (χ4n) is 3.91. The summed E-state index contributed by atoms with van der Waals surface area (Å²) in [5.41, 5.74) is 2.22. The lowest BCUT2D eigenvalue weighted by atomic mass is 10.1. The molecule has 150 valence electrons. The van der Waals surface area contributed by atoms with Gasteiger partial charge in [0.25, 0.3) is 11.8 Å². The molecule has 4 rings (SSSR count). The van der Waals surface area contributed by atoms with Crippen molar-refractivity contribution in [1.29, 1.82) is 0 Å². The molecule has 1 fully saturated rings. The number of nitrogens with zero attached hydrogens (tertiary/aromatic N) is 2. The van der Waals surface area contributed by atoms with Gasteiger partial charge in [0.05, 0.1) is 11.1 Å². The standard InChI is InChI=1S/C24H26N2O3/c27-23-21-11-2-3-12-22(21)24(28)26(23)15-6-7-16-29-20-10-8-9-19(17-20)18-25-13-4-1-5-14-25/h2-3,6-12,17H,1,4-5,13-16,18H2. The molecule has 1 saturated heterocycles. The van der Waals surface area contributed by atoms with Gasteiger partial charge in [0, 0.05) is 13.1 Å². The minimum Gasteiger partial charge on any atom is -0.490 e. The van der Waals surface area contributed by atoms with Gasteiger partial charge in [-0.15, -0.1) is 0 Å². The zero-order chi connectivity index (χ0) is 20.1. The van der Waals surface area contributed by atoms with Crippen molar-refractivity contribution in [3.05, 3.63) is 77.4 Å². The molecule has 2 amide bonds. The van der Waals surface area contributed by atoms with Gasteiger partial charge in [-0.05, 0) is 61.8 Å². The molecular formula is C24H26N2O3. The van der Waals surface area contributed by atoms with E-state index in [9.17, 15) is 9.59 Å². The Bertz CT molecular complexity index is 881. The third kappa shape index (κ3) is 4.57. The van der Waals surface area contributed by atoms with Crippen LogP contribution < -0.4 is 4.74 Å². The lowest BCUT2D eigenvalue weighted by Crippen LogP contribution is -2.29. The minimum atomic E-state index is -0.235. The molecular weight excluding hydrogens is 364 g/mol. The summed E-state index contributed by atoms with van der Waals surface area (Å²) in [5, 5.41) is 0. The van der Waals surface area contributed by atoms with Crippen LogP contribution in [0.3, 0.4) is 0 Å². The monoisotopic (exact) mass is 390 g/mol. The summed E-state index contributed by atoms with van der Waals surface area (Å²) in [6.45, 7) is 3.96. The van der Waals surface area contributed by atoms with Crippen LogP contribution >= 0.6 is 0 Å². The molecule has 0 aliphatic carbocycles. The zero-order valence-electron chi connectivity index (χ0n) is 16.5. The van der Waals surface area contributed by atoms with Crippen LogP contribution in [-0.4, -0.2) is 47.9 Å². The highest BCUT2D eigenvalue weighted by atomic mass is 16.5. The highest BCUT2D eigenvalue weighted by Gasteiger charge is 2.33. The molecule has 2 aromatic carbocycles. The predicted molar refractivity (Wildman–Crippen MR) is 112 cm³/mol. The Balaban J connectivity index is 1.26. The lowest BCUT2D eigenvalue weighted by Gasteiger charge is -2.26. The Hall–Kier alpha value is -2.92. The van der Waals surface area contributed by atoms with Gasteiger partial charge < -0.3 is 4.74 Å². The van der Waals surface area contributed by atoms with Crippen molar-refractivity contribution in [3.63, 3.8) is 0 Å². The van der Waals surface area contributed by atoms with Crippen molar-refractivity contribution < 1.29 is 14.3 Å². The van der Waals surface area contributed by atoms with E-state index in [1.165, 1.54) is 42.8 Å². The van der Waals surface area contributed by atoms with Crippen molar-refractivity contribution in [3.8, 4) is 5.75 Å². The molecule has 0 radical (unpaired) electrons. The molecule has 0 unspecified atom stereocenters. The third-order valence-electron chi connectivity index (χ3n) is 5.43. The molecule has 5 nitrogen and oxygen atoms in total. The van der Waals surface area contributed by atoms with Crippen molar-refractivity contribution in [2.45, 2.75) is 25.8 Å². The topological polar surface area (TPSA) is 49.9 Å². The van der Waals surface area contributed by atoms with Crippen LogP contribution in [0.1, 0.15) is 45.5 Å². The number of hydrogen-bond acceptors (Lipinski definition) is 4. The van der Waals surface area contributed by atoms with Gasteiger partial charge in [-0.1, -0.05) is 36.8 Å². The van der Waals surface area contributed by atoms with Gasteiger partial charge in [0.2, 0.25) is 0 Å². The van der Waals surface area contributed by atoms with E-state index in [1.54, 1.807) is 30.3 Å². The van der Waals surface area contributed by atoms with E-state index in [2.05, 4.69) is 17.0 Å². The van der Waals surface area contributed by atoms with E-state index in [1.807, 2.05) is 18.2 Å². The number of benzene rings is 2. The van der Waals surface area contributed by atoms with E-state index in [0.29, 0.717) is 17.7 Å². The van der Waals surface area contributed by atoms with Crippen molar-refractivity contribution in [1.82, 2.24) is 9.80 Å². The Kier molecular flexibility index (Phi) is 6.06. The molecule has 0 aromatic heterocycles. The van der Waals surface area contributed by atoms with Crippen LogP contribution in [0.15, 0.2) is 60.7 Å². The Labute approximate surface area is 171 Å². The van der Waals surface area contributed by atoms with E-state index in [-0.39, 0.29) is 18.4 Å². The number of ether oxygens (including phenoxy) is 1. The van der Waals surface area contributed by atoms with Gasteiger partial charge in [-0.2, -0.15) is 0 Å². The third-order valence-corrected chi connectivity index (χ3v) is 5.43. The van der Waals surface area contributed by atoms with Gasteiger partial charge >= 0.3 is 0 Å². The number of likely N-dealkylation sites (tertiary alicyclic amines) is 1. The molecule has 5 heteroatoms. The van der Waals surface area contributed by atoms with Crippen LogP contribution in [0.25, 0.3) is 0 Å². The molecule has 0 saturated carbocycles. The first-order valence-electron chi connectivity index (χ1n) is 10.3. The molecule has 2 aliphatic rings. The first-order chi connectivity index (χ1) is 14.2. The van der Waals surface area contributed by atoms with Crippen LogP contribution in [0.4, 0.5) is 0 Å². The molecule has 0 atom stereocenters. The van der Waals surface area contributed by atoms with Gasteiger partial charge in [-0.3, -0.25) is 19.4 Å². The summed E-state index contributed by atoms with van der Waals surface area (Å²) in [7, 11) is 0.